The Morgan fingerprint density at radius 1 is 0.966 bits per heavy atom. The largest absolute Gasteiger partial charge is 0.457 e. The van der Waals surface area contributed by atoms with Gasteiger partial charge >= 0.3 is 0 Å². The number of nitrogens with zero attached hydrogens (tertiary/aromatic N) is 4. The Balaban J connectivity index is 1.55. The highest BCUT2D eigenvalue weighted by Gasteiger charge is 2.25. The first-order valence-corrected chi connectivity index (χ1v) is 9.86. The molecule has 0 saturated carbocycles. The Bertz CT molecular complexity index is 1170. The zero-order chi connectivity index (χ0) is 19.8. The summed E-state index contributed by atoms with van der Waals surface area (Å²) in [6.45, 7) is 5.75. The molecule has 0 radical (unpaired) electrons. The normalized spacial score (nSPS) is 13.0. The van der Waals surface area contributed by atoms with Gasteiger partial charge in [-0.15, -0.1) is 0 Å². The van der Waals surface area contributed by atoms with E-state index in [0.29, 0.717) is 0 Å². The van der Waals surface area contributed by atoms with E-state index < -0.39 is 0 Å². The minimum atomic E-state index is 0.739. The van der Waals surface area contributed by atoms with Crippen molar-refractivity contribution in [3.05, 3.63) is 83.6 Å². The van der Waals surface area contributed by atoms with Gasteiger partial charge in [0.15, 0.2) is 0 Å². The Labute approximate surface area is 170 Å². The zero-order valence-corrected chi connectivity index (χ0v) is 16.6. The maximum absolute atomic E-state index is 6.07. The summed E-state index contributed by atoms with van der Waals surface area (Å²) in [5, 5.41) is 1.12. The first-order chi connectivity index (χ1) is 14.2. The maximum Gasteiger partial charge on any atom is 0.128 e. The quantitative estimate of drug-likeness (QED) is 0.497. The van der Waals surface area contributed by atoms with Gasteiger partial charge < -0.3 is 9.64 Å². The number of ether oxygens (including phenoxy) is 1. The Kier molecular flexibility index (Phi) is 4.35. The topological polar surface area (TPSA) is 51.1 Å². The summed E-state index contributed by atoms with van der Waals surface area (Å²) in [5.74, 6) is 1.65. The molecule has 0 spiro atoms. The molecule has 0 atom stereocenters. The number of para-hydroxylation sites is 1. The third-order valence-corrected chi connectivity index (χ3v) is 5.35. The molecule has 0 aliphatic carbocycles. The summed E-state index contributed by atoms with van der Waals surface area (Å²) in [6.07, 6.45) is 4.69. The molecule has 144 valence electrons. The van der Waals surface area contributed by atoms with Crippen molar-refractivity contribution in [1.29, 1.82) is 0 Å². The standard InChI is InChI=1S/C24H22N4O/c1-16-13-26-18(14-25-16)15-28-11-10-21-17(2)27-23-9-8-20(12-22(23)24(21)28)29-19-6-4-3-5-7-19/h3-9,12-14H,10-11,15H2,1-2H3. The number of benzene rings is 2. The average Bonchev–Trinajstić information content (AvgIpc) is 3.16. The van der Waals surface area contributed by atoms with Crippen LogP contribution in [-0.4, -0.2) is 21.5 Å². The molecule has 0 fully saturated rings. The number of pyridine rings is 1. The van der Waals surface area contributed by atoms with Crippen LogP contribution in [0.3, 0.4) is 0 Å². The van der Waals surface area contributed by atoms with Gasteiger partial charge in [0.2, 0.25) is 0 Å². The Hall–Kier alpha value is -3.47. The molecular weight excluding hydrogens is 360 g/mol. The molecule has 0 amide bonds. The van der Waals surface area contributed by atoms with Crippen LogP contribution in [0.5, 0.6) is 11.5 Å². The molecule has 0 bridgehead atoms. The number of fused-ring (bicyclic) bond motifs is 3. The van der Waals surface area contributed by atoms with Crippen LogP contribution in [0.2, 0.25) is 0 Å². The van der Waals surface area contributed by atoms with Crippen LogP contribution in [0.25, 0.3) is 10.9 Å². The lowest BCUT2D eigenvalue weighted by Gasteiger charge is -2.21. The maximum atomic E-state index is 6.07. The summed E-state index contributed by atoms with van der Waals surface area (Å²) in [6, 6.07) is 16.0. The molecule has 1 aliphatic heterocycles. The number of rotatable bonds is 4. The van der Waals surface area contributed by atoms with E-state index in [9.17, 15) is 0 Å². The van der Waals surface area contributed by atoms with E-state index in [0.717, 1.165) is 59.0 Å². The summed E-state index contributed by atoms with van der Waals surface area (Å²) in [5.41, 5.74) is 6.56. The summed E-state index contributed by atoms with van der Waals surface area (Å²) in [7, 11) is 0. The highest BCUT2D eigenvalue weighted by Crippen LogP contribution is 2.39. The third-order valence-electron chi connectivity index (χ3n) is 5.35. The number of anilines is 1. The van der Waals surface area contributed by atoms with Crippen molar-refractivity contribution < 1.29 is 4.74 Å². The smallest absolute Gasteiger partial charge is 0.128 e. The van der Waals surface area contributed by atoms with Crippen LogP contribution in [-0.2, 0) is 13.0 Å². The van der Waals surface area contributed by atoms with E-state index in [1.807, 2.05) is 61.8 Å². The second-order valence-corrected chi connectivity index (χ2v) is 7.44. The average molecular weight is 382 g/mol. The lowest BCUT2D eigenvalue weighted by molar-refractivity contribution is 0.483. The predicted molar refractivity (Wildman–Crippen MR) is 115 cm³/mol. The van der Waals surface area contributed by atoms with Crippen LogP contribution in [0.1, 0.15) is 22.6 Å². The molecule has 2 aromatic heterocycles. The lowest BCUT2D eigenvalue weighted by atomic mass is 10.1. The van der Waals surface area contributed by atoms with Crippen molar-refractivity contribution in [3.63, 3.8) is 0 Å². The van der Waals surface area contributed by atoms with E-state index in [1.165, 1.54) is 11.3 Å². The van der Waals surface area contributed by atoms with Gasteiger partial charge in [0, 0.05) is 23.8 Å². The number of aryl methyl sites for hydroxylation is 2. The van der Waals surface area contributed by atoms with Gasteiger partial charge in [-0.25, -0.2) is 0 Å². The highest BCUT2D eigenvalue weighted by atomic mass is 16.5. The molecular formula is C24H22N4O. The van der Waals surface area contributed by atoms with Gasteiger partial charge in [-0.3, -0.25) is 15.0 Å². The third kappa shape index (κ3) is 3.40. The van der Waals surface area contributed by atoms with E-state index in [-0.39, 0.29) is 0 Å². The van der Waals surface area contributed by atoms with Gasteiger partial charge in [-0.2, -0.15) is 0 Å². The Morgan fingerprint density at radius 2 is 1.83 bits per heavy atom. The van der Waals surface area contributed by atoms with E-state index in [2.05, 4.69) is 27.9 Å². The zero-order valence-electron chi connectivity index (χ0n) is 16.6. The van der Waals surface area contributed by atoms with Crippen LogP contribution in [0.4, 0.5) is 5.69 Å². The minimum Gasteiger partial charge on any atom is -0.457 e. The van der Waals surface area contributed by atoms with E-state index in [1.54, 1.807) is 0 Å². The van der Waals surface area contributed by atoms with Gasteiger partial charge in [0.05, 0.1) is 35.3 Å². The van der Waals surface area contributed by atoms with Crippen molar-refractivity contribution in [2.75, 3.05) is 11.4 Å². The van der Waals surface area contributed by atoms with Crippen molar-refractivity contribution in [2.45, 2.75) is 26.8 Å². The molecule has 0 unspecified atom stereocenters. The predicted octanol–water partition coefficient (Wildman–Crippen LogP) is 5.00. The molecule has 29 heavy (non-hydrogen) atoms. The number of aromatic nitrogens is 3. The summed E-state index contributed by atoms with van der Waals surface area (Å²) >= 11 is 0. The van der Waals surface area contributed by atoms with Gasteiger partial charge in [-0.1, -0.05) is 18.2 Å². The molecule has 4 aromatic rings. The monoisotopic (exact) mass is 382 g/mol. The summed E-state index contributed by atoms with van der Waals surface area (Å²) < 4.78 is 6.07. The van der Waals surface area contributed by atoms with Crippen LogP contribution in [0.15, 0.2) is 60.9 Å². The van der Waals surface area contributed by atoms with Gasteiger partial charge in [0.25, 0.3) is 0 Å². The number of hydrogen-bond donors (Lipinski definition) is 0. The lowest BCUT2D eigenvalue weighted by Crippen LogP contribution is -2.20. The summed E-state index contributed by atoms with van der Waals surface area (Å²) in [4.78, 5) is 16.2. The SMILES string of the molecule is Cc1cnc(CN2CCc3c(C)nc4ccc(Oc5ccccc5)cc4c32)cn1. The molecule has 5 nitrogen and oxygen atoms in total. The van der Waals surface area contributed by atoms with Gasteiger partial charge in [-0.05, 0) is 56.2 Å². The number of hydrogen-bond acceptors (Lipinski definition) is 5. The minimum absolute atomic E-state index is 0.739. The molecule has 5 rings (SSSR count). The Morgan fingerprint density at radius 3 is 2.62 bits per heavy atom. The fraction of sp³-hybridized carbons (Fsp3) is 0.208. The molecule has 5 heteroatoms. The first-order valence-electron chi connectivity index (χ1n) is 9.86. The van der Waals surface area contributed by atoms with E-state index in [4.69, 9.17) is 9.72 Å². The van der Waals surface area contributed by atoms with Crippen LogP contribution < -0.4 is 9.64 Å². The first kappa shape index (κ1) is 17.6. The van der Waals surface area contributed by atoms with Crippen LogP contribution in [0, 0.1) is 13.8 Å². The second kappa shape index (κ2) is 7.17. The molecule has 0 saturated heterocycles. The molecule has 3 heterocycles. The van der Waals surface area contributed by atoms with Crippen LogP contribution >= 0.6 is 0 Å². The fourth-order valence-corrected chi connectivity index (χ4v) is 3.95. The van der Waals surface area contributed by atoms with E-state index >= 15 is 0 Å². The molecule has 0 N–H and O–H groups in total. The van der Waals surface area contributed by atoms with Crippen molar-refractivity contribution >= 4 is 16.6 Å². The fourth-order valence-electron chi connectivity index (χ4n) is 3.95. The van der Waals surface area contributed by atoms with Gasteiger partial charge in [0.1, 0.15) is 11.5 Å². The van der Waals surface area contributed by atoms with Crippen molar-refractivity contribution in [2.24, 2.45) is 0 Å². The molecule has 2 aromatic carbocycles. The highest BCUT2D eigenvalue weighted by molar-refractivity contribution is 5.96. The van der Waals surface area contributed by atoms with Crippen molar-refractivity contribution in [1.82, 2.24) is 15.0 Å². The second-order valence-electron chi connectivity index (χ2n) is 7.44. The molecule has 1 aliphatic rings. The van der Waals surface area contributed by atoms with Crippen molar-refractivity contribution in [3.8, 4) is 11.5 Å².